The molecule has 0 fully saturated rings. The summed E-state index contributed by atoms with van der Waals surface area (Å²) >= 11 is 0. The van der Waals surface area contributed by atoms with Crippen molar-refractivity contribution in [2.45, 2.75) is 0 Å². The van der Waals surface area contributed by atoms with E-state index in [2.05, 4.69) is 0 Å². The summed E-state index contributed by atoms with van der Waals surface area (Å²) in [6.07, 6.45) is 0. The molecule has 0 aliphatic heterocycles. The number of aromatic hydroxyl groups is 1. The predicted molar refractivity (Wildman–Crippen MR) is 95.8 cm³/mol. The first-order valence-corrected chi connectivity index (χ1v) is 7.20. The maximum Gasteiger partial charge on any atom is 0.339 e. The molecule has 122 valence electrons. The van der Waals surface area contributed by atoms with Crippen molar-refractivity contribution in [2.24, 2.45) is 0 Å². The van der Waals surface area contributed by atoms with Crippen LogP contribution in [0.4, 0.5) is 11.4 Å². The van der Waals surface area contributed by atoms with Crippen LogP contribution in [0.2, 0.25) is 0 Å². The quantitative estimate of drug-likeness (QED) is 0.539. The number of rotatable bonds is 2. The number of aromatic carboxylic acids is 1. The summed E-state index contributed by atoms with van der Waals surface area (Å²) in [6, 6.07) is 21.4. The fourth-order valence-electron chi connectivity index (χ4n) is 2.01. The molecule has 0 unspecified atom stereocenters. The fourth-order valence-corrected chi connectivity index (χ4v) is 2.01. The molecule has 0 heterocycles. The lowest BCUT2D eigenvalue weighted by molar-refractivity contribution is 0.0693. The minimum atomic E-state index is -1.11. The lowest BCUT2D eigenvalue weighted by Gasteiger charge is -2.02. The molecule has 3 rings (SSSR count). The Morgan fingerprint density at radius 2 is 1.12 bits per heavy atom. The molecule has 24 heavy (non-hydrogen) atoms. The number of carboxylic acids is 1. The number of para-hydroxylation sites is 1. The van der Waals surface area contributed by atoms with Crippen LogP contribution in [0.3, 0.4) is 0 Å². The van der Waals surface area contributed by atoms with Crippen LogP contribution >= 0.6 is 0 Å². The molecule has 0 aliphatic carbocycles. The van der Waals surface area contributed by atoms with E-state index in [1.54, 1.807) is 12.1 Å². The molecule has 0 aliphatic rings. The molecule has 0 saturated heterocycles. The zero-order chi connectivity index (χ0) is 17.5. The van der Waals surface area contributed by atoms with Gasteiger partial charge in [0.05, 0.1) is 0 Å². The molecular formula is C19H18N2O3. The molecule has 0 radical (unpaired) electrons. The third-order valence-corrected chi connectivity index (χ3v) is 3.29. The lowest BCUT2D eigenvalue weighted by Crippen LogP contribution is -1.95. The molecule has 0 amide bonds. The van der Waals surface area contributed by atoms with E-state index < -0.39 is 5.97 Å². The highest BCUT2D eigenvalue weighted by molar-refractivity contribution is 5.90. The summed E-state index contributed by atoms with van der Waals surface area (Å²) in [5.74, 6) is -1.31. The van der Waals surface area contributed by atoms with Gasteiger partial charge in [-0.15, -0.1) is 0 Å². The van der Waals surface area contributed by atoms with E-state index in [0.717, 1.165) is 22.5 Å². The Balaban J connectivity index is 0.000000185. The number of phenols is 1. The Kier molecular flexibility index (Phi) is 5.41. The number of hydrogen-bond acceptors (Lipinski definition) is 4. The van der Waals surface area contributed by atoms with E-state index >= 15 is 0 Å². The average molecular weight is 322 g/mol. The van der Waals surface area contributed by atoms with Crippen molar-refractivity contribution < 1.29 is 15.0 Å². The highest BCUT2D eigenvalue weighted by atomic mass is 16.4. The van der Waals surface area contributed by atoms with Crippen LogP contribution in [0.15, 0.2) is 72.8 Å². The molecule has 0 aromatic heterocycles. The van der Waals surface area contributed by atoms with E-state index in [9.17, 15) is 4.79 Å². The van der Waals surface area contributed by atoms with Gasteiger partial charge >= 0.3 is 5.97 Å². The maximum atomic E-state index is 10.3. The summed E-state index contributed by atoms with van der Waals surface area (Å²) in [5.41, 5.74) is 15.0. The molecule has 0 spiro atoms. The van der Waals surface area contributed by atoms with E-state index in [1.165, 1.54) is 12.1 Å². The third-order valence-electron chi connectivity index (χ3n) is 3.29. The van der Waals surface area contributed by atoms with E-state index in [1.807, 2.05) is 48.5 Å². The first-order chi connectivity index (χ1) is 11.5. The van der Waals surface area contributed by atoms with Gasteiger partial charge in [-0.3, -0.25) is 0 Å². The third kappa shape index (κ3) is 4.51. The summed E-state index contributed by atoms with van der Waals surface area (Å²) in [5, 5.41) is 17.3. The van der Waals surface area contributed by atoms with Crippen LogP contribution in [0, 0.1) is 0 Å². The Bertz CT molecular complexity index is 769. The molecule has 3 aromatic carbocycles. The van der Waals surface area contributed by atoms with Crippen molar-refractivity contribution >= 4 is 17.3 Å². The summed E-state index contributed by atoms with van der Waals surface area (Å²) in [7, 11) is 0. The number of carboxylic acid groups (broad SMARTS) is 1. The zero-order valence-electron chi connectivity index (χ0n) is 12.9. The second kappa shape index (κ2) is 7.69. The first kappa shape index (κ1) is 16.9. The molecule has 3 aromatic rings. The van der Waals surface area contributed by atoms with Gasteiger partial charge in [-0.2, -0.15) is 0 Å². The molecule has 0 bridgehead atoms. The van der Waals surface area contributed by atoms with Crippen molar-refractivity contribution in [3.05, 3.63) is 78.4 Å². The normalized spacial score (nSPS) is 9.67. The first-order valence-electron chi connectivity index (χ1n) is 7.20. The van der Waals surface area contributed by atoms with Gasteiger partial charge in [-0.05, 0) is 47.5 Å². The standard InChI is InChI=1S/C12H12N2.C7H6O3/c13-11-5-1-9(2-6-11)10-3-7-12(14)8-4-10;8-6-4-2-1-3-5(6)7(9)10/h1-8H,13-14H2;1-4,8H,(H,9,10). The largest absolute Gasteiger partial charge is 0.507 e. The zero-order valence-corrected chi connectivity index (χ0v) is 12.9. The number of carbonyl (C=O) groups is 1. The van der Waals surface area contributed by atoms with Crippen LogP contribution in [-0.4, -0.2) is 16.2 Å². The topological polar surface area (TPSA) is 110 Å². The highest BCUT2D eigenvalue weighted by Crippen LogP contribution is 2.21. The van der Waals surface area contributed by atoms with Gasteiger partial charge in [-0.1, -0.05) is 36.4 Å². The van der Waals surface area contributed by atoms with Gasteiger partial charge in [0.15, 0.2) is 0 Å². The number of benzene rings is 3. The van der Waals surface area contributed by atoms with Crippen molar-refractivity contribution in [2.75, 3.05) is 11.5 Å². The van der Waals surface area contributed by atoms with Gasteiger partial charge in [0.25, 0.3) is 0 Å². The molecular weight excluding hydrogens is 304 g/mol. The molecule has 0 atom stereocenters. The second-order valence-electron chi connectivity index (χ2n) is 5.07. The Morgan fingerprint density at radius 3 is 1.46 bits per heavy atom. The van der Waals surface area contributed by atoms with Gasteiger partial charge in [0, 0.05) is 11.4 Å². The van der Waals surface area contributed by atoms with Gasteiger partial charge in [0.1, 0.15) is 11.3 Å². The van der Waals surface area contributed by atoms with E-state index in [0.29, 0.717) is 0 Å². The van der Waals surface area contributed by atoms with Gasteiger partial charge in [0.2, 0.25) is 0 Å². The monoisotopic (exact) mass is 322 g/mol. The highest BCUT2D eigenvalue weighted by Gasteiger charge is 2.05. The van der Waals surface area contributed by atoms with Crippen LogP contribution in [0.5, 0.6) is 5.75 Å². The molecule has 6 N–H and O–H groups in total. The van der Waals surface area contributed by atoms with Crippen molar-refractivity contribution in [3.8, 4) is 16.9 Å². The van der Waals surface area contributed by atoms with Crippen molar-refractivity contribution in [3.63, 3.8) is 0 Å². The van der Waals surface area contributed by atoms with Crippen molar-refractivity contribution in [1.29, 1.82) is 0 Å². The SMILES string of the molecule is Nc1ccc(-c2ccc(N)cc2)cc1.O=C(O)c1ccccc1O. The van der Waals surface area contributed by atoms with Crippen LogP contribution in [0.25, 0.3) is 11.1 Å². The second-order valence-corrected chi connectivity index (χ2v) is 5.07. The number of hydrogen-bond donors (Lipinski definition) is 4. The summed E-state index contributed by atoms with van der Waals surface area (Å²) < 4.78 is 0. The number of nitrogen functional groups attached to an aromatic ring is 2. The Labute approximate surface area is 139 Å². The minimum Gasteiger partial charge on any atom is -0.507 e. The van der Waals surface area contributed by atoms with Gasteiger partial charge < -0.3 is 21.7 Å². The van der Waals surface area contributed by atoms with Gasteiger partial charge in [-0.25, -0.2) is 4.79 Å². The Hall–Kier alpha value is -3.47. The van der Waals surface area contributed by atoms with E-state index in [-0.39, 0.29) is 11.3 Å². The molecule has 5 nitrogen and oxygen atoms in total. The van der Waals surface area contributed by atoms with Crippen molar-refractivity contribution in [1.82, 2.24) is 0 Å². The summed E-state index contributed by atoms with van der Waals surface area (Å²) in [4.78, 5) is 10.3. The van der Waals surface area contributed by atoms with E-state index in [4.69, 9.17) is 21.7 Å². The van der Waals surface area contributed by atoms with Crippen LogP contribution < -0.4 is 11.5 Å². The fraction of sp³-hybridized carbons (Fsp3) is 0. The maximum absolute atomic E-state index is 10.3. The lowest BCUT2D eigenvalue weighted by atomic mass is 10.1. The van der Waals surface area contributed by atoms with Crippen LogP contribution in [0.1, 0.15) is 10.4 Å². The molecule has 5 heteroatoms. The molecule has 0 saturated carbocycles. The summed E-state index contributed by atoms with van der Waals surface area (Å²) in [6.45, 7) is 0. The van der Waals surface area contributed by atoms with Crippen LogP contribution in [-0.2, 0) is 0 Å². The number of anilines is 2. The Morgan fingerprint density at radius 1 is 0.708 bits per heavy atom. The average Bonchev–Trinajstić information content (AvgIpc) is 2.57. The predicted octanol–water partition coefficient (Wildman–Crippen LogP) is 3.61. The smallest absolute Gasteiger partial charge is 0.339 e. The number of nitrogens with two attached hydrogens (primary N) is 2. The minimum absolute atomic E-state index is 0.0671.